The number of nitrogens with one attached hydrogen (secondary N) is 1. The average Bonchev–Trinajstić information content (AvgIpc) is 2.29. The molecule has 17 heavy (non-hydrogen) atoms. The molecule has 1 aromatic carbocycles. The molecule has 6 heteroatoms. The molecule has 0 unspecified atom stereocenters. The van der Waals surface area contributed by atoms with Crippen LogP contribution in [0.5, 0.6) is 5.75 Å². The molecule has 0 spiro atoms. The lowest BCUT2D eigenvalue weighted by atomic mass is 10.1. The zero-order chi connectivity index (χ0) is 12.4. The van der Waals surface area contributed by atoms with Gasteiger partial charge in [-0.1, -0.05) is 0 Å². The number of benzene rings is 1. The van der Waals surface area contributed by atoms with Crippen LogP contribution < -0.4 is 11.1 Å². The van der Waals surface area contributed by atoms with E-state index in [0.29, 0.717) is 0 Å². The summed E-state index contributed by atoms with van der Waals surface area (Å²) in [5, 5.41) is 21.7. The quantitative estimate of drug-likeness (QED) is 0.598. The van der Waals surface area contributed by atoms with Gasteiger partial charge in [-0.15, -0.1) is 11.8 Å². The molecule has 0 fully saturated rings. The van der Waals surface area contributed by atoms with Gasteiger partial charge in [0.05, 0.1) is 5.69 Å². The van der Waals surface area contributed by atoms with Crippen LogP contribution in [0.1, 0.15) is 5.56 Å². The van der Waals surface area contributed by atoms with Gasteiger partial charge in [0.2, 0.25) is 0 Å². The Bertz CT molecular complexity index is 451. The second kappa shape index (κ2) is 4.85. The van der Waals surface area contributed by atoms with E-state index in [2.05, 4.69) is 5.32 Å². The van der Waals surface area contributed by atoms with Crippen LogP contribution in [0.3, 0.4) is 0 Å². The standard InChI is InChI=1S/C11H14N2O3S/c12-7(11(15)16)3-6-4-8(14)10-9(5-6)17-2-1-13-10/h4-5,7,13-14H,1-3,12H2,(H,15,16)/t7-/m0/s1. The minimum atomic E-state index is -1.03. The molecule has 0 saturated carbocycles. The predicted molar refractivity (Wildman–Crippen MR) is 66.6 cm³/mol. The molecule has 0 aromatic heterocycles. The van der Waals surface area contributed by atoms with E-state index in [9.17, 15) is 9.90 Å². The molecule has 0 bridgehead atoms. The van der Waals surface area contributed by atoms with Crippen molar-refractivity contribution in [2.24, 2.45) is 5.73 Å². The first kappa shape index (κ1) is 12.1. The van der Waals surface area contributed by atoms with E-state index in [1.54, 1.807) is 17.8 Å². The summed E-state index contributed by atoms with van der Waals surface area (Å²) in [6, 6.07) is 2.52. The van der Waals surface area contributed by atoms with Crippen LogP contribution in [-0.2, 0) is 11.2 Å². The lowest BCUT2D eigenvalue weighted by Gasteiger charge is -2.20. The SMILES string of the molecule is N[C@@H](Cc1cc(O)c2c(c1)SCCN2)C(=O)O. The van der Waals surface area contributed by atoms with Crippen LogP contribution in [0.4, 0.5) is 5.69 Å². The van der Waals surface area contributed by atoms with Crippen LogP contribution in [0.25, 0.3) is 0 Å². The molecule has 5 N–H and O–H groups in total. The van der Waals surface area contributed by atoms with Crippen LogP contribution in [0.15, 0.2) is 17.0 Å². The molecule has 1 aliphatic rings. The number of hydrogen-bond acceptors (Lipinski definition) is 5. The molecule has 0 radical (unpaired) electrons. The average molecular weight is 254 g/mol. The van der Waals surface area contributed by atoms with Crippen molar-refractivity contribution < 1.29 is 15.0 Å². The van der Waals surface area contributed by atoms with Gasteiger partial charge in [0.25, 0.3) is 0 Å². The van der Waals surface area contributed by atoms with E-state index in [1.807, 2.05) is 6.07 Å². The van der Waals surface area contributed by atoms with Crippen molar-refractivity contribution in [2.45, 2.75) is 17.4 Å². The van der Waals surface area contributed by atoms with Crippen molar-refractivity contribution >= 4 is 23.4 Å². The van der Waals surface area contributed by atoms with Crippen molar-refractivity contribution in [3.05, 3.63) is 17.7 Å². The summed E-state index contributed by atoms with van der Waals surface area (Å²) < 4.78 is 0. The van der Waals surface area contributed by atoms with E-state index in [0.717, 1.165) is 28.4 Å². The number of phenolic OH excluding ortho intramolecular Hbond substituents is 1. The number of aromatic hydroxyl groups is 1. The topological polar surface area (TPSA) is 95.6 Å². The minimum Gasteiger partial charge on any atom is -0.506 e. The molecule has 1 atom stereocenters. The van der Waals surface area contributed by atoms with Gasteiger partial charge in [-0.05, 0) is 24.1 Å². The second-order valence-corrected chi connectivity index (χ2v) is 5.05. The number of thioether (sulfide) groups is 1. The van der Waals surface area contributed by atoms with Crippen molar-refractivity contribution in [3.8, 4) is 5.75 Å². The van der Waals surface area contributed by atoms with Gasteiger partial charge in [0, 0.05) is 17.2 Å². The molecule has 1 heterocycles. The van der Waals surface area contributed by atoms with E-state index >= 15 is 0 Å². The van der Waals surface area contributed by atoms with Crippen LogP contribution in [0, 0.1) is 0 Å². The van der Waals surface area contributed by atoms with Crippen LogP contribution >= 0.6 is 11.8 Å². The maximum Gasteiger partial charge on any atom is 0.320 e. The number of anilines is 1. The van der Waals surface area contributed by atoms with Gasteiger partial charge in [0.15, 0.2) is 0 Å². The molecule has 92 valence electrons. The number of fused-ring (bicyclic) bond motifs is 1. The normalized spacial score (nSPS) is 15.8. The molecule has 0 amide bonds. The van der Waals surface area contributed by atoms with Gasteiger partial charge in [-0.2, -0.15) is 0 Å². The number of carbonyl (C=O) groups is 1. The maximum absolute atomic E-state index is 10.7. The Labute approximate surface area is 103 Å². The van der Waals surface area contributed by atoms with E-state index in [-0.39, 0.29) is 12.2 Å². The Kier molecular flexibility index (Phi) is 3.44. The fourth-order valence-electron chi connectivity index (χ4n) is 1.74. The second-order valence-electron chi connectivity index (χ2n) is 3.91. The third-order valence-electron chi connectivity index (χ3n) is 2.58. The summed E-state index contributed by atoms with van der Waals surface area (Å²) in [4.78, 5) is 11.6. The summed E-state index contributed by atoms with van der Waals surface area (Å²) in [5.41, 5.74) is 6.94. The van der Waals surface area contributed by atoms with Crippen molar-refractivity contribution in [1.29, 1.82) is 0 Å². The first-order chi connectivity index (χ1) is 8.08. The molecular weight excluding hydrogens is 240 g/mol. The van der Waals surface area contributed by atoms with E-state index in [4.69, 9.17) is 10.8 Å². The lowest BCUT2D eigenvalue weighted by Crippen LogP contribution is -2.32. The third kappa shape index (κ3) is 2.65. The van der Waals surface area contributed by atoms with Gasteiger partial charge in [0.1, 0.15) is 11.8 Å². The molecule has 0 saturated heterocycles. The number of phenols is 1. The maximum atomic E-state index is 10.7. The predicted octanol–water partition coefficient (Wildman–Crippen LogP) is 0.864. The minimum absolute atomic E-state index is 0.155. The van der Waals surface area contributed by atoms with Gasteiger partial charge in [-0.25, -0.2) is 0 Å². The number of hydrogen-bond donors (Lipinski definition) is 4. The third-order valence-corrected chi connectivity index (χ3v) is 3.62. The highest BCUT2D eigenvalue weighted by Crippen LogP contribution is 2.38. The summed E-state index contributed by atoms with van der Waals surface area (Å²) >= 11 is 1.64. The number of carboxylic acids is 1. The lowest BCUT2D eigenvalue weighted by molar-refractivity contribution is -0.138. The molecule has 2 rings (SSSR count). The zero-order valence-electron chi connectivity index (χ0n) is 9.14. The molecule has 1 aliphatic heterocycles. The van der Waals surface area contributed by atoms with E-state index in [1.165, 1.54) is 0 Å². The zero-order valence-corrected chi connectivity index (χ0v) is 9.96. The Morgan fingerprint density at radius 2 is 2.35 bits per heavy atom. The largest absolute Gasteiger partial charge is 0.506 e. The molecule has 1 aromatic rings. The van der Waals surface area contributed by atoms with Crippen molar-refractivity contribution in [2.75, 3.05) is 17.6 Å². The Morgan fingerprint density at radius 3 is 3.06 bits per heavy atom. The fourth-order valence-corrected chi connectivity index (χ4v) is 2.72. The van der Waals surface area contributed by atoms with Crippen LogP contribution in [-0.4, -0.2) is 34.5 Å². The highest BCUT2D eigenvalue weighted by atomic mass is 32.2. The van der Waals surface area contributed by atoms with Crippen molar-refractivity contribution in [3.63, 3.8) is 0 Å². The fraction of sp³-hybridized carbons (Fsp3) is 0.364. The van der Waals surface area contributed by atoms with Crippen molar-refractivity contribution in [1.82, 2.24) is 0 Å². The summed E-state index contributed by atoms with van der Waals surface area (Å²) in [7, 11) is 0. The molecule has 5 nitrogen and oxygen atoms in total. The van der Waals surface area contributed by atoms with Gasteiger partial charge >= 0.3 is 5.97 Å². The van der Waals surface area contributed by atoms with Crippen LogP contribution in [0.2, 0.25) is 0 Å². The Hall–Kier alpha value is -1.40. The summed E-state index contributed by atoms with van der Waals surface area (Å²) in [6.45, 7) is 0.819. The monoisotopic (exact) mass is 254 g/mol. The summed E-state index contributed by atoms with van der Waals surface area (Å²) in [6.07, 6.45) is 0.219. The first-order valence-electron chi connectivity index (χ1n) is 5.29. The summed E-state index contributed by atoms with van der Waals surface area (Å²) in [5.74, 6) is 0.0521. The molecular formula is C11H14N2O3S. The number of nitrogens with two attached hydrogens (primary N) is 1. The Balaban J connectivity index is 2.25. The van der Waals surface area contributed by atoms with Gasteiger partial charge < -0.3 is 21.3 Å². The number of carboxylic acid groups (broad SMARTS) is 1. The molecule has 0 aliphatic carbocycles. The first-order valence-corrected chi connectivity index (χ1v) is 6.27. The van der Waals surface area contributed by atoms with E-state index < -0.39 is 12.0 Å². The highest BCUT2D eigenvalue weighted by Gasteiger charge is 2.17. The highest BCUT2D eigenvalue weighted by molar-refractivity contribution is 7.99. The number of aliphatic carboxylic acids is 1. The Morgan fingerprint density at radius 1 is 1.59 bits per heavy atom. The smallest absolute Gasteiger partial charge is 0.320 e. The number of rotatable bonds is 3. The van der Waals surface area contributed by atoms with Gasteiger partial charge in [-0.3, -0.25) is 4.79 Å².